The van der Waals surface area contributed by atoms with Crippen molar-refractivity contribution in [1.82, 2.24) is 4.31 Å². The van der Waals surface area contributed by atoms with Crippen LogP contribution in [0.3, 0.4) is 0 Å². The number of halogens is 1. The Kier molecular flexibility index (Phi) is 4.97. The van der Waals surface area contributed by atoms with Crippen molar-refractivity contribution < 1.29 is 17.6 Å². The maximum Gasteiger partial charge on any atom is 0.276 e. The summed E-state index contributed by atoms with van der Waals surface area (Å²) >= 11 is 3.07. The largest absolute Gasteiger partial charge is 0.437 e. The van der Waals surface area contributed by atoms with E-state index in [0.717, 1.165) is 0 Å². The highest BCUT2D eigenvalue weighted by molar-refractivity contribution is 9.10. The van der Waals surface area contributed by atoms with E-state index in [4.69, 9.17) is 9.15 Å². The third kappa shape index (κ3) is 3.31. The van der Waals surface area contributed by atoms with E-state index in [1.165, 1.54) is 17.4 Å². The number of ether oxygens (including phenoxy) is 1. The summed E-state index contributed by atoms with van der Waals surface area (Å²) in [6, 6.07) is 2.97. The maximum absolute atomic E-state index is 11.9. The molecule has 1 rings (SSSR count). The second-order valence-electron chi connectivity index (χ2n) is 3.23. The van der Waals surface area contributed by atoms with E-state index >= 15 is 0 Å². The van der Waals surface area contributed by atoms with Crippen molar-refractivity contribution in [2.45, 2.75) is 11.5 Å². The normalized spacial score (nSPS) is 12.2. The number of nitrogens with zero attached hydrogens (tertiary/aromatic N) is 1. The highest BCUT2D eigenvalue weighted by Crippen LogP contribution is 2.21. The Morgan fingerprint density at radius 3 is 2.69 bits per heavy atom. The highest BCUT2D eigenvalue weighted by Gasteiger charge is 2.23. The first kappa shape index (κ1) is 13.7. The predicted octanol–water partition coefficient (Wildman–Crippen LogP) is 1.70. The van der Waals surface area contributed by atoms with E-state index in [2.05, 4.69) is 15.9 Å². The Morgan fingerprint density at radius 1 is 1.50 bits per heavy atom. The molecule has 0 aliphatic heterocycles. The fraction of sp³-hybridized carbons (Fsp3) is 0.556. The first-order valence-electron chi connectivity index (χ1n) is 4.69. The van der Waals surface area contributed by atoms with Crippen LogP contribution in [0.4, 0.5) is 0 Å². The van der Waals surface area contributed by atoms with Gasteiger partial charge in [-0.1, -0.05) is 0 Å². The Bertz CT molecular complexity index is 428. The van der Waals surface area contributed by atoms with Gasteiger partial charge in [-0.15, -0.1) is 0 Å². The monoisotopic (exact) mass is 311 g/mol. The minimum absolute atomic E-state index is 0.0562. The SMILES string of the molecule is COCCCN(C)S(=O)(=O)c1ccc(Br)o1. The molecule has 0 radical (unpaired) electrons. The summed E-state index contributed by atoms with van der Waals surface area (Å²) < 4.78 is 35.4. The average Bonchev–Trinajstić information content (AvgIpc) is 2.65. The molecular weight excluding hydrogens is 298 g/mol. The topological polar surface area (TPSA) is 59.8 Å². The summed E-state index contributed by atoms with van der Waals surface area (Å²) in [7, 11) is -0.421. The average molecular weight is 312 g/mol. The van der Waals surface area contributed by atoms with E-state index in [9.17, 15) is 8.42 Å². The quantitative estimate of drug-likeness (QED) is 0.750. The summed E-state index contributed by atoms with van der Waals surface area (Å²) in [5.41, 5.74) is 0. The third-order valence-electron chi connectivity index (χ3n) is 2.03. The second kappa shape index (κ2) is 5.81. The number of furan rings is 1. The molecule has 92 valence electrons. The second-order valence-corrected chi connectivity index (χ2v) is 5.99. The summed E-state index contributed by atoms with van der Waals surface area (Å²) in [5, 5.41) is -0.0562. The van der Waals surface area contributed by atoms with Crippen LogP contribution in [0, 0.1) is 0 Å². The minimum Gasteiger partial charge on any atom is -0.437 e. The molecule has 1 aromatic heterocycles. The van der Waals surface area contributed by atoms with Crippen molar-refractivity contribution in [3.05, 3.63) is 16.8 Å². The van der Waals surface area contributed by atoms with Gasteiger partial charge >= 0.3 is 0 Å². The molecule has 16 heavy (non-hydrogen) atoms. The first-order valence-corrected chi connectivity index (χ1v) is 6.92. The van der Waals surface area contributed by atoms with E-state index < -0.39 is 10.0 Å². The molecule has 7 heteroatoms. The summed E-state index contributed by atoms with van der Waals surface area (Å²) in [5.74, 6) is 0. The number of hydrogen-bond donors (Lipinski definition) is 0. The fourth-order valence-electron chi connectivity index (χ4n) is 1.14. The van der Waals surface area contributed by atoms with E-state index in [1.54, 1.807) is 13.2 Å². The molecule has 1 heterocycles. The van der Waals surface area contributed by atoms with Gasteiger partial charge in [0, 0.05) is 27.3 Å². The highest BCUT2D eigenvalue weighted by atomic mass is 79.9. The van der Waals surface area contributed by atoms with Crippen molar-refractivity contribution in [3.8, 4) is 0 Å². The molecule has 0 aliphatic rings. The lowest BCUT2D eigenvalue weighted by molar-refractivity contribution is 0.189. The van der Waals surface area contributed by atoms with Gasteiger partial charge in [-0.3, -0.25) is 0 Å². The van der Waals surface area contributed by atoms with Gasteiger partial charge in [0.15, 0.2) is 4.67 Å². The lowest BCUT2D eigenvalue weighted by atomic mass is 10.5. The third-order valence-corrected chi connectivity index (χ3v) is 4.19. The molecule has 0 saturated heterocycles. The molecule has 5 nitrogen and oxygen atoms in total. The van der Waals surface area contributed by atoms with Crippen LogP contribution in [-0.4, -0.2) is 40.0 Å². The van der Waals surface area contributed by atoms with Gasteiger partial charge in [-0.25, -0.2) is 8.42 Å². The number of rotatable bonds is 6. The van der Waals surface area contributed by atoms with Gasteiger partial charge in [0.1, 0.15) is 0 Å². The summed E-state index contributed by atoms with van der Waals surface area (Å²) in [4.78, 5) is 0. The van der Waals surface area contributed by atoms with Crippen molar-refractivity contribution in [3.63, 3.8) is 0 Å². The van der Waals surface area contributed by atoms with Crippen LogP contribution >= 0.6 is 15.9 Å². The van der Waals surface area contributed by atoms with Crippen LogP contribution in [0.25, 0.3) is 0 Å². The minimum atomic E-state index is -3.52. The molecule has 0 unspecified atom stereocenters. The Morgan fingerprint density at radius 2 is 2.19 bits per heavy atom. The van der Waals surface area contributed by atoms with Gasteiger partial charge in [0.25, 0.3) is 10.0 Å². The lowest BCUT2D eigenvalue weighted by Crippen LogP contribution is -2.28. The van der Waals surface area contributed by atoms with Gasteiger partial charge in [0.2, 0.25) is 5.09 Å². The van der Waals surface area contributed by atoms with E-state index in [1.807, 2.05) is 0 Å². The van der Waals surface area contributed by atoms with Crippen molar-refractivity contribution in [2.75, 3.05) is 27.3 Å². The molecule has 0 fully saturated rings. The molecule has 1 aromatic rings. The van der Waals surface area contributed by atoms with Crippen LogP contribution in [-0.2, 0) is 14.8 Å². The fourth-order valence-corrected chi connectivity index (χ4v) is 2.67. The molecule has 0 bridgehead atoms. The molecule has 0 atom stereocenters. The smallest absolute Gasteiger partial charge is 0.276 e. The van der Waals surface area contributed by atoms with Gasteiger partial charge in [0.05, 0.1) is 0 Å². The van der Waals surface area contributed by atoms with Crippen LogP contribution in [0.1, 0.15) is 6.42 Å². The molecule has 0 aliphatic carbocycles. The van der Waals surface area contributed by atoms with Crippen molar-refractivity contribution in [1.29, 1.82) is 0 Å². The number of sulfonamides is 1. The predicted molar refractivity (Wildman–Crippen MR) is 62.7 cm³/mol. The molecule has 0 N–H and O–H groups in total. The van der Waals surface area contributed by atoms with Crippen molar-refractivity contribution >= 4 is 26.0 Å². The summed E-state index contributed by atoms with van der Waals surface area (Å²) in [6.45, 7) is 0.927. The van der Waals surface area contributed by atoms with E-state index in [-0.39, 0.29) is 5.09 Å². The molecule has 0 aromatic carbocycles. The zero-order chi connectivity index (χ0) is 12.2. The van der Waals surface area contributed by atoms with Crippen LogP contribution in [0.5, 0.6) is 0 Å². The van der Waals surface area contributed by atoms with Gasteiger partial charge in [-0.05, 0) is 34.5 Å². The Balaban J connectivity index is 2.70. The first-order chi connectivity index (χ1) is 7.48. The van der Waals surface area contributed by atoms with Gasteiger partial charge < -0.3 is 9.15 Å². The standard InChI is InChI=1S/C9H14BrNO4S/c1-11(6-3-7-14-2)16(12,13)9-5-4-8(10)15-9/h4-5H,3,6-7H2,1-2H3. The Labute approximate surface area is 104 Å². The van der Waals surface area contributed by atoms with Crippen LogP contribution < -0.4 is 0 Å². The molecule has 0 saturated carbocycles. The number of hydrogen-bond acceptors (Lipinski definition) is 4. The maximum atomic E-state index is 11.9. The van der Waals surface area contributed by atoms with Gasteiger partial charge in [-0.2, -0.15) is 4.31 Å². The molecule has 0 spiro atoms. The number of methoxy groups -OCH3 is 1. The van der Waals surface area contributed by atoms with E-state index in [0.29, 0.717) is 24.2 Å². The van der Waals surface area contributed by atoms with Crippen molar-refractivity contribution in [2.24, 2.45) is 0 Å². The zero-order valence-corrected chi connectivity index (χ0v) is 11.5. The zero-order valence-electron chi connectivity index (χ0n) is 9.14. The summed E-state index contributed by atoms with van der Waals surface area (Å²) in [6.07, 6.45) is 0.647. The van der Waals surface area contributed by atoms with Crippen LogP contribution in [0.15, 0.2) is 26.3 Å². The Hall–Kier alpha value is -0.370. The molecular formula is C9H14BrNO4S. The molecule has 0 amide bonds. The lowest BCUT2D eigenvalue weighted by Gasteiger charge is -2.14. The van der Waals surface area contributed by atoms with Crippen LogP contribution in [0.2, 0.25) is 0 Å².